The van der Waals surface area contributed by atoms with Crippen LogP contribution in [0.5, 0.6) is 0 Å². The molecule has 0 saturated heterocycles. The van der Waals surface area contributed by atoms with Crippen LogP contribution in [0.2, 0.25) is 0 Å². The summed E-state index contributed by atoms with van der Waals surface area (Å²) < 4.78 is 3.06. The van der Waals surface area contributed by atoms with Crippen LogP contribution in [0.1, 0.15) is 16.7 Å². The van der Waals surface area contributed by atoms with E-state index in [4.69, 9.17) is 0 Å². The van der Waals surface area contributed by atoms with Gasteiger partial charge in [-0.3, -0.25) is 14.2 Å². The lowest BCUT2D eigenvalue weighted by atomic mass is 10.0. The molecular formula is C21H17BrN4O2S. The summed E-state index contributed by atoms with van der Waals surface area (Å²) in [6.07, 6.45) is 0. The van der Waals surface area contributed by atoms with Gasteiger partial charge in [0.05, 0.1) is 11.3 Å². The number of halogens is 1. The fraction of sp³-hybridized carbons (Fsp3) is 0.190. The molecule has 0 bridgehead atoms. The van der Waals surface area contributed by atoms with Crippen molar-refractivity contribution in [3.05, 3.63) is 77.2 Å². The molecule has 8 heteroatoms. The van der Waals surface area contributed by atoms with Crippen molar-refractivity contribution in [2.24, 2.45) is 4.99 Å². The lowest BCUT2D eigenvalue weighted by molar-refractivity contribution is -0.110. The number of carbonyl (C=O) groups is 1. The van der Waals surface area contributed by atoms with Crippen LogP contribution >= 0.6 is 27.3 Å². The normalized spacial score (nSPS) is 16.9. The number of carbonyl (C=O) groups excluding carboxylic acids is 1. The Morgan fingerprint density at radius 3 is 2.79 bits per heavy atom. The van der Waals surface area contributed by atoms with E-state index in [1.807, 2.05) is 55.1 Å². The number of aromatic nitrogens is 1. The predicted molar refractivity (Wildman–Crippen MR) is 118 cm³/mol. The number of hydrogen-bond donors (Lipinski definition) is 1. The van der Waals surface area contributed by atoms with Crippen LogP contribution in [-0.4, -0.2) is 17.1 Å². The summed E-state index contributed by atoms with van der Waals surface area (Å²) in [5.74, 6) is -0.228. The zero-order valence-electron chi connectivity index (χ0n) is 15.8. The number of anilines is 2. The maximum absolute atomic E-state index is 13.2. The molecule has 0 saturated carbocycles. The van der Waals surface area contributed by atoms with Crippen molar-refractivity contribution >= 4 is 50.1 Å². The fourth-order valence-corrected chi connectivity index (χ4v) is 5.30. The molecule has 2 aliphatic heterocycles. The molecular weight excluding hydrogens is 452 g/mol. The standard InChI is InChI=1S/C21H17BrN4O2S/c1-11-6-12(2)17-15(7-11)16(19(27)24-17)18-20(28)26-10-25(9-23-21(26)29-18)14-5-3-4-13(22)8-14/h3-8H,9-10H2,1-2H3,(H,24,27)/b18-16-. The lowest BCUT2D eigenvalue weighted by Crippen LogP contribution is -2.43. The summed E-state index contributed by atoms with van der Waals surface area (Å²) in [7, 11) is 0. The second kappa shape index (κ2) is 6.67. The van der Waals surface area contributed by atoms with Crippen LogP contribution in [0, 0.1) is 13.8 Å². The average molecular weight is 469 g/mol. The molecule has 5 rings (SSSR count). The van der Waals surface area contributed by atoms with Gasteiger partial charge in [0.1, 0.15) is 17.9 Å². The Balaban J connectivity index is 1.67. The van der Waals surface area contributed by atoms with Crippen molar-refractivity contribution in [3.63, 3.8) is 0 Å². The van der Waals surface area contributed by atoms with Crippen molar-refractivity contribution in [1.82, 2.24) is 4.57 Å². The molecule has 146 valence electrons. The average Bonchev–Trinajstić information content (AvgIpc) is 3.18. The molecule has 0 aliphatic carbocycles. The van der Waals surface area contributed by atoms with Gasteiger partial charge in [0, 0.05) is 15.7 Å². The number of hydrogen-bond acceptors (Lipinski definition) is 5. The van der Waals surface area contributed by atoms with Gasteiger partial charge in [-0.15, -0.1) is 0 Å². The van der Waals surface area contributed by atoms with E-state index in [2.05, 4.69) is 26.2 Å². The highest BCUT2D eigenvalue weighted by atomic mass is 79.9. The molecule has 3 heterocycles. The number of aryl methyl sites for hydroxylation is 2. The van der Waals surface area contributed by atoms with Gasteiger partial charge < -0.3 is 10.2 Å². The minimum atomic E-state index is -0.228. The summed E-state index contributed by atoms with van der Waals surface area (Å²) in [6.45, 7) is 4.82. The molecule has 29 heavy (non-hydrogen) atoms. The van der Waals surface area contributed by atoms with Crippen molar-refractivity contribution in [3.8, 4) is 0 Å². The molecule has 1 aromatic heterocycles. The van der Waals surface area contributed by atoms with Gasteiger partial charge in [-0.25, -0.2) is 4.99 Å². The van der Waals surface area contributed by atoms with Crippen molar-refractivity contribution in [2.45, 2.75) is 20.5 Å². The molecule has 1 amide bonds. The summed E-state index contributed by atoms with van der Waals surface area (Å²) in [4.78, 5) is 33.3. The molecule has 1 N–H and O–H groups in total. The van der Waals surface area contributed by atoms with Crippen LogP contribution in [0.15, 0.2) is 50.7 Å². The van der Waals surface area contributed by atoms with Gasteiger partial charge in [-0.2, -0.15) is 0 Å². The number of nitrogens with zero attached hydrogens (tertiary/aromatic N) is 3. The SMILES string of the molecule is Cc1cc(C)c2c(c1)/C(=c1/sc3n(c1=O)CN(c1cccc(Br)c1)CN=3)C(=O)N2. The number of thiazole rings is 1. The van der Waals surface area contributed by atoms with Gasteiger partial charge in [0.25, 0.3) is 11.5 Å². The second-order valence-electron chi connectivity index (χ2n) is 7.24. The Morgan fingerprint density at radius 2 is 2.00 bits per heavy atom. The highest BCUT2D eigenvalue weighted by Crippen LogP contribution is 2.33. The highest BCUT2D eigenvalue weighted by Gasteiger charge is 2.29. The summed E-state index contributed by atoms with van der Waals surface area (Å²) in [5, 5.41) is 2.93. The molecule has 0 atom stereocenters. The topological polar surface area (TPSA) is 66.7 Å². The van der Waals surface area contributed by atoms with E-state index in [1.165, 1.54) is 11.3 Å². The molecule has 0 unspecified atom stereocenters. The van der Waals surface area contributed by atoms with E-state index in [0.717, 1.165) is 32.5 Å². The first-order chi connectivity index (χ1) is 13.9. The Morgan fingerprint density at radius 1 is 1.17 bits per heavy atom. The van der Waals surface area contributed by atoms with E-state index in [9.17, 15) is 9.59 Å². The predicted octanol–water partition coefficient (Wildman–Crippen LogP) is 2.50. The van der Waals surface area contributed by atoms with Crippen LogP contribution in [0.3, 0.4) is 0 Å². The minimum Gasteiger partial charge on any atom is -0.334 e. The molecule has 0 radical (unpaired) electrons. The van der Waals surface area contributed by atoms with Crippen LogP contribution < -0.4 is 25.1 Å². The van der Waals surface area contributed by atoms with E-state index in [1.54, 1.807) is 4.57 Å². The first-order valence-corrected chi connectivity index (χ1v) is 10.8. The Hall–Kier alpha value is -2.71. The minimum absolute atomic E-state index is 0.175. The van der Waals surface area contributed by atoms with Gasteiger partial charge in [-0.05, 0) is 43.7 Å². The summed E-state index contributed by atoms with van der Waals surface area (Å²) in [6, 6.07) is 11.9. The highest BCUT2D eigenvalue weighted by molar-refractivity contribution is 9.10. The van der Waals surface area contributed by atoms with E-state index in [0.29, 0.717) is 28.2 Å². The first-order valence-electron chi connectivity index (χ1n) is 9.14. The third-order valence-electron chi connectivity index (χ3n) is 5.17. The third kappa shape index (κ3) is 2.94. The maximum Gasteiger partial charge on any atom is 0.272 e. The number of benzene rings is 2. The zero-order chi connectivity index (χ0) is 20.3. The lowest BCUT2D eigenvalue weighted by Gasteiger charge is -2.25. The number of amides is 1. The van der Waals surface area contributed by atoms with Gasteiger partial charge in [0.2, 0.25) is 0 Å². The second-order valence-corrected chi connectivity index (χ2v) is 9.13. The number of fused-ring (bicyclic) bond motifs is 2. The molecule has 2 aromatic carbocycles. The van der Waals surface area contributed by atoms with Crippen molar-refractivity contribution < 1.29 is 4.79 Å². The van der Waals surface area contributed by atoms with Gasteiger partial charge in [-0.1, -0.05) is 45.0 Å². The van der Waals surface area contributed by atoms with E-state index in [-0.39, 0.29) is 11.5 Å². The van der Waals surface area contributed by atoms with Crippen molar-refractivity contribution in [2.75, 3.05) is 16.9 Å². The van der Waals surface area contributed by atoms with Crippen LogP contribution in [0.4, 0.5) is 11.4 Å². The maximum atomic E-state index is 13.2. The molecule has 3 aromatic rings. The Labute approximate surface area is 178 Å². The third-order valence-corrected chi connectivity index (χ3v) is 6.78. The van der Waals surface area contributed by atoms with E-state index >= 15 is 0 Å². The van der Waals surface area contributed by atoms with Crippen molar-refractivity contribution in [1.29, 1.82) is 0 Å². The molecule has 2 aliphatic rings. The number of rotatable bonds is 1. The van der Waals surface area contributed by atoms with Gasteiger partial charge in [0.15, 0.2) is 4.80 Å². The smallest absolute Gasteiger partial charge is 0.272 e. The Bertz CT molecular complexity index is 1370. The monoisotopic (exact) mass is 468 g/mol. The Kier molecular flexibility index (Phi) is 4.22. The quantitative estimate of drug-likeness (QED) is 0.596. The van der Waals surface area contributed by atoms with Crippen LogP contribution in [-0.2, 0) is 11.5 Å². The largest absolute Gasteiger partial charge is 0.334 e. The number of nitrogens with one attached hydrogen (secondary N) is 1. The molecule has 6 nitrogen and oxygen atoms in total. The summed E-state index contributed by atoms with van der Waals surface area (Å²) >= 11 is 4.77. The first kappa shape index (κ1) is 18.3. The van der Waals surface area contributed by atoms with Gasteiger partial charge >= 0.3 is 0 Å². The molecule has 0 spiro atoms. The van der Waals surface area contributed by atoms with E-state index < -0.39 is 0 Å². The zero-order valence-corrected chi connectivity index (χ0v) is 18.2. The summed E-state index contributed by atoms with van der Waals surface area (Å²) in [5.41, 5.74) is 4.90. The molecule has 0 fully saturated rings. The van der Waals surface area contributed by atoms with Crippen LogP contribution in [0.25, 0.3) is 5.57 Å². The fourth-order valence-electron chi connectivity index (χ4n) is 3.85.